The summed E-state index contributed by atoms with van der Waals surface area (Å²) in [6, 6.07) is 8.12. The van der Waals surface area contributed by atoms with Crippen molar-refractivity contribution in [2.45, 2.75) is 12.6 Å². The zero-order chi connectivity index (χ0) is 15.0. The number of fused-ring (bicyclic) bond motifs is 1. The van der Waals surface area contributed by atoms with Gasteiger partial charge in [-0.2, -0.15) is 18.3 Å². The normalized spacial score (nSPS) is 12.0. The minimum atomic E-state index is -4.37. The third-order valence-corrected chi connectivity index (χ3v) is 2.98. The van der Waals surface area contributed by atoms with Crippen molar-refractivity contribution in [3.8, 4) is 5.75 Å². The van der Waals surface area contributed by atoms with Crippen molar-refractivity contribution in [1.29, 1.82) is 0 Å². The van der Waals surface area contributed by atoms with Gasteiger partial charge in [-0.05, 0) is 23.8 Å². The van der Waals surface area contributed by atoms with Crippen molar-refractivity contribution in [2.75, 3.05) is 0 Å². The molecule has 3 aromatic rings. The lowest BCUT2D eigenvalue weighted by Crippen LogP contribution is -2.05. The molecule has 2 aromatic heterocycles. The summed E-state index contributed by atoms with van der Waals surface area (Å²) in [6.07, 6.45) is -2.79. The first-order valence-corrected chi connectivity index (χ1v) is 6.12. The highest BCUT2D eigenvalue weighted by Gasteiger charge is 2.30. The molecule has 3 rings (SSSR count). The third-order valence-electron chi connectivity index (χ3n) is 2.98. The second kappa shape index (κ2) is 4.76. The van der Waals surface area contributed by atoms with Gasteiger partial charge in [0.15, 0.2) is 11.5 Å². The molecule has 0 amide bonds. The zero-order valence-electron chi connectivity index (χ0n) is 10.7. The van der Waals surface area contributed by atoms with E-state index >= 15 is 0 Å². The first kappa shape index (κ1) is 13.4. The molecule has 0 saturated heterocycles. The topological polar surface area (TPSA) is 50.4 Å². The van der Waals surface area contributed by atoms with Gasteiger partial charge in [-0.15, -0.1) is 0 Å². The SMILES string of the molecule is Oc1ccc2nc(Cc3cccc(C(F)(F)F)c3)nn2c1. The van der Waals surface area contributed by atoms with Crippen molar-refractivity contribution >= 4 is 5.65 Å². The van der Waals surface area contributed by atoms with Gasteiger partial charge in [0.2, 0.25) is 0 Å². The highest BCUT2D eigenvalue weighted by atomic mass is 19.4. The highest BCUT2D eigenvalue weighted by Crippen LogP contribution is 2.29. The smallest absolute Gasteiger partial charge is 0.416 e. The molecule has 7 heteroatoms. The number of pyridine rings is 1. The van der Waals surface area contributed by atoms with Crippen LogP contribution in [0, 0.1) is 0 Å². The maximum atomic E-state index is 12.7. The van der Waals surface area contributed by atoms with E-state index in [9.17, 15) is 18.3 Å². The molecular formula is C14H10F3N3O. The average Bonchev–Trinajstić information content (AvgIpc) is 2.79. The van der Waals surface area contributed by atoms with E-state index in [1.807, 2.05) is 0 Å². The Morgan fingerprint density at radius 1 is 1.14 bits per heavy atom. The number of benzene rings is 1. The number of nitrogens with zero attached hydrogens (tertiary/aromatic N) is 3. The van der Waals surface area contributed by atoms with Crippen LogP contribution in [-0.2, 0) is 12.6 Å². The number of hydrogen-bond acceptors (Lipinski definition) is 3. The van der Waals surface area contributed by atoms with Gasteiger partial charge in [-0.1, -0.05) is 18.2 Å². The third kappa shape index (κ3) is 2.81. The summed E-state index contributed by atoms with van der Waals surface area (Å²) in [4.78, 5) is 4.20. The maximum absolute atomic E-state index is 12.7. The van der Waals surface area contributed by atoms with E-state index in [4.69, 9.17) is 0 Å². The molecule has 1 N–H and O–H groups in total. The lowest BCUT2D eigenvalue weighted by Gasteiger charge is -2.07. The molecule has 4 nitrogen and oxygen atoms in total. The average molecular weight is 293 g/mol. The highest BCUT2D eigenvalue weighted by molar-refractivity contribution is 5.40. The summed E-state index contributed by atoms with van der Waals surface area (Å²) >= 11 is 0. The summed E-state index contributed by atoms with van der Waals surface area (Å²) < 4.78 is 39.4. The minimum absolute atomic E-state index is 0.0398. The van der Waals surface area contributed by atoms with Gasteiger partial charge in [-0.3, -0.25) is 0 Å². The van der Waals surface area contributed by atoms with Gasteiger partial charge in [0.05, 0.1) is 11.8 Å². The van der Waals surface area contributed by atoms with Crippen LogP contribution in [0.3, 0.4) is 0 Å². The van der Waals surface area contributed by atoms with Crippen LogP contribution in [-0.4, -0.2) is 19.7 Å². The van der Waals surface area contributed by atoms with Gasteiger partial charge in [-0.25, -0.2) is 9.50 Å². The Hall–Kier alpha value is -2.57. The summed E-state index contributed by atoms with van der Waals surface area (Å²) in [5, 5.41) is 13.5. The summed E-state index contributed by atoms with van der Waals surface area (Å²) in [5.41, 5.74) is 0.307. The second-order valence-corrected chi connectivity index (χ2v) is 4.59. The number of alkyl halides is 3. The molecule has 1 aromatic carbocycles. The second-order valence-electron chi connectivity index (χ2n) is 4.59. The molecule has 108 valence electrons. The predicted octanol–water partition coefficient (Wildman–Crippen LogP) is 3.04. The molecule has 0 unspecified atom stereocenters. The van der Waals surface area contributed by atoms with E-state index in [2.05, 4.69) is 10.1 Å². The number of aromatic hydroxyl groups is 1. The lowest BCUT2D eigenvalue weighted by molar-refractivity contribution is -0.137. The van der Waals surface area contributed by atoms with E-state index in [1.165, 1.54) is 22.8 Å². The number of rotatable bonds is 2. The molecular weight excluding hydrogens is 283 g/mol. The van der Waals surface area contributed by atoms with E-state index in [0.717, 1.165) is 12.1 Å². The van der Waals surface area contributed by atoms with E-state index in [-0.39, 0.29) is 12.2 Å². The van der Waals surface area contributed by atoms with E-state index in [1.54, 1.807) is 12.1 Å². The molecule has 0 atom stereocenters. The van der Waals surface area contributed by atoms with Crippen LogP contribution < -0.4 is 0 Å². The van der Waals surface area contributed by atoms with Gasteiger partial charge < -0.3 is 5.11 Å². The molecule has 0 bridgehead atoms. The van der Waals surface area contributed by atoms with Crippen molar-refractivity contribution in [1.82, 2.24) is 14.6 Å². The maximum Gasteiger partial charge on any atom is 0.416 e. The van der Waals surface area contributed by atoms with Crippen molar-refractivity contribution < 1.29 is 18.3 Å². The van der Waals surface area contributed by atoms with Gasteiger partial charge in [0.1, 0.15) is 5.75 Å². The molecule has 2 heterocycles. The van der Waals surface area contributed by atoms with E-state index in [0.29, 0.717) is 17.0 Å². The Kier molecular flexibility index (Phi) is 3.04. The molecule has 0 aliphatic heterocycles. The van der Waals surface area contributed by atoms with Crippen LogP contribution in [0.2, 0.25) is 0 Å². The Morgan fingerprint density at radius 2 is 1.95 bits per heavy atom. The summed E-state index contributed by atoms with van der Waals surface area (Å²) in [6.45, 7) is 0. The number of hydrogen-bond donors (Lipinski definition) is 1. The molecule has 0 radical (unpaired) electrons. The van der Waals surface area contributed by atoms with Crippen molar-refractivity contribution in [2.24, 2.45) is 0 Å². The van der Waals surface area contributed by atoms with Gasteiger partial charge in [0.25, 0.3) is 0 Å². The van der Waals surface area contributed by atoms with Gasteiger partial charge >= 0.3 is 6.18 Å². The Balaban J connectivity index is 1.91. The Bertz CT molecular complexity index is 796. The van der Waals surface area contributed by atoms with Crippen LogP contribution in [0.15, 0.2) is 42.6 Å². The summed E-state index contributed by atoms with van der Waals surface area (Å²) in [7, 11) is 0. The molecule has 0 aliphatic carbocycles. The summed E-state index contributed by atoms with van der Waals surface area (Å²) in [5.74, 6) is 0.429. The quantitative estimate of drug-likeness (QED) is 0.790. The fraction of sp³-hybridized carbons (Fsp3) is 0.143. The first-order valence-electron chi connectivity index (χ1n) is 6.12. The molecule has 0 fully saturated rings. The largest absolute Gasteiger partial charge is 0.506 e. The van der Waals surface area contributed by atoms with Crippen LogP contribution in [0.1, 0.15) is 17.0 Å². The minimum Gasteiger partial charge on any atom is -0.506 e. The molecule has 21 heavy (non-hydrogen) atoms. The Morgan fingerprint density at radius 3 is 2.71 bits per heavy atom. The fourth-order valence-electron chi connectivity index (χ4n) is 2.03. The first-order chi connectivity index (χ1) is 9.91. The van der Waals surface area contributed by atoms with Crippen LogP contribution in [0.25, 0.3) is 5.65 Å². The number of halogens is 3. The van der Waals surface area contributed by atoms with Crippen LogP contribution in [0.5, 0.6) is 5.75 Å². The molecule has 0 aliphatic rings. The standard InChI is InChI=1S/C14H10F3N3O/c15-14(16,17)10-3-1-2-9(6-10)7-12-18-13-5-4-11(21)8-20(13)19-12/h1-6,8,21H,7H2. The monoisotopic (exact) mass is 293 g/mol. The molecule has 0 saturated carbocycles. The van der Waals surface area contributed by atoms with Crippen molar-refractivity contribution in [3.63, 3.8) is 0 Å². The van der Waals surface area contributed by atoms with Crippen LogP contribution >= 0.6 is 0 Å². The van der Waals surface area contributed by atoms with E-state index < -0.39 is 11.7 Å². The predicted molar refractivity (Wildman–Crippen MR) is 68.9 cm³/mol. The van der Waals surface area contributed by atoms with Crippen molar-refractivity contribution in [3.05, 3.63) is 59.5 Å². The van der Waals surface area contributed by atoms with Crippen LogP contribution in [0.4, 0.5) is 13.2 Å². The number of aromatic nitrogens is 3. The Labute approximate surface area is 117 Å². The lowest BCUT2D eigenvalue weighted by atomic mass is 10.1. The fourth-order valence-corrected chi connectivity index (χ4v) is 2.03. The molecule has 0 spiro atoms. The van der Waals surface area contributed by atoms with Gasteiger partial charge in [0, 0.05) is 6.42 Å². The zero-order valence-corrected chi connectivity index (χ0v) is 10.7.